The Morgan fingerprint density at radius 3 is 3.03 bits per heavy atom. The number of thiazole rings is 1. The van der Waals surface area contributed by atoms with Crippen molar-refractivity contribution < 1.29 is 28.6 Å². The smallest absolute Gasteiger partial charge is 0.338 e. The first kappa shape index (κ1) is 25.2. The monoisotopic (exact) mass is 527 g/mol. The molecule has 0 saturated carbocycles. The highest BCUT2D eigenvalue weighted by Crippen LogP contribution is 2.43. The van der Waals surface area contributed by atoms with Crippen LogP contribution in [0.1, 0.15) is 47.2 Å². The lowest BCUT2D eigenvalue weighted by molar-refractivity contribution is 0.0505. The molecule has 2 aliphatic heterocycles. The normalized spacial score (nSPS) is 19.2. The molecule has 1 saturated heterocycles. The van der Waals surface area contributed by atoms with Crippen LogP contribution in [0.15, 0.2) is 34.9 Å². The zero-order valence-corrected chi connectivity index (χ0v) is 21.4. The number of urea groups is 1. The van der Waals surface area contributed by atoms with Gasteiger partial charge in [-0.05, 0) is 25.5 Å². The molecule has 37 heavy (non-hydrogen) atoms. The maximum absolute atomic E-state index is 12.3. The number of ether oxygens (including phenoxy) is 2. The van der Waals surface area contributed by atoms with Crippen LogP contribution in [-0.4, -0.2) is 65.6 Å². The lowest BCUT2D eigenvalue weighted by Gasteiger charge is -2.43. The highest BCUT2D eigenvalue weighted by Gasteiger charge is 2.42. The molecule has 0 unspecified atom stereocenters. The van der Waals surface area contributed by atoms with Gasteiger partial charge in [0.25, 0.3) is 6.01 Å². The summed E-state index contributed by atoms with van der Waals surface area (Å²) in [6.07, 6.45) is 3.04. The molecule has 2 aromatic heterocycles. The first-order valence-electron chi connectivity index (χ1n) is 12.2. The molecular formula is C25H29N5O6S. The number of aromatic nitrogens is 2. The van der Waals surface area contributed by atoms with E-state index in [0.717, 1.165) is 22.6 Å². The van der Waals surface area contributed by atoms with Crippen molar-refractivity contribution in [3.8, 4) is 11.3 Å². The van der Waals surface area contributed by atoms with Crippen LogP contribution in [0.5, 0.6) is 0 Å². The van der Waals surface area contributed by atoms with Crippen molar-refractivity contribution in [3.05, 3.63) is 46.6 Å². The molecule has 11 nitrogen and oxygen atoms in total. The third kappa shape index (κ3) is 5.31. The average molecular weight is 528 g/mol. The maximum atomic E-state index is 12.3. The quantitative estimate of drug-likeness (QED) is 0.376. The summed E-state index contributed by atoms with van der Waals surface area (Å²) in [6.45, 7) is 4.83. The van der Waals surface area contributed by atoms with Crippen molar-refractivity contribution in [2.45, 2.75) is 44.8 Å². The number of aliphatic hydroxyl groups excluding tert-OH is 1. The number of esters is 1. The molecule has 5 rings (SSSR count). The van der Waals surface area contributed by atoms with Crippen molar-refractivity contribution in [1.82, 2.24) is 15.3 Å². The van der Waals surface area contributed by atoms with Crippen LogP contribution in [0, 0.1) is 0 Å². The van der Waals surface area contributed by atoms with Gasteiger partial charge in [0.05, 0.1) is 66.9 Å². The molecule has 2 aliphatic rings. The Morgan fingerprint density at radius 1 is 1.35 bits per heavy atom. The van der Waals surface area contributed by atoms with Crippen molar-refractivity contribution in [1.29, 1.82) is 0 Å². The number of nitrogens with one attached hydrogen (secondary N) is 2. The van der Waals surface area contributed by atoms with Crippen LogP contribution in [0.4, 0.5) is 15.9 Å². The second kappa shape index (κ2) is 10.9. The van der Waals surface area contributed by atoms with Gasteiger partial charge in [0.2, 0.25) is 0 Å². The van der Waals surface area contributed by atoms with E-state index in [2.05, 4.69) is 25.5 Å². The fraction of sp³-hybridized carbons (Fsp3) is 0.440. The van der Waals surface area contributed by atoms with Gasteiger partial charge in [0.1, 0.15) is 0 Å². The highest BCUT2D eigenvalue weighted by molar-refractivity contribution is 7.16. The number of amides is 2. The summed E-state index contributed by atoms with van der Waals surface area (Å²) in [5.41, 5.74) is 2.12. The Hall–Kier alpha value is -3.48. The largest absolute Gasteiger partial charge is 0.462 e. The summed E-state index contributed by atoms with van der Waals surface area (Å²) in [5, 5.41) is 15.1. The number of benzene rings is 1. The van der Waals surface area contributed by atoms with Gasteiger partial charge >= 0.3 is 12.0 Å². The van der Waals surface area contributed by atoms with Gasteiger partial charge in [-0.1, -0.05) is 30.4 Å². The first-order valence-corrected chi connectivity index (χ1v) is 13.1. The molecule has 2 amide bonds. The molecule has 0 aliphatic carbocycles. The molecule has 3 aromatic rings. The average Bonchev–Trinajstić information content (AvgIpc) is 3.54. The zero-order valence-electron chi connectivity index (χ0n) is 20.6. The Kier molecular flexibility index (Phi) is 7.40. The second-order valence-electron chi connectivity index (χ2n) is 9.05. The zero-order chi connectivity index (χ0) is 25.9. The number of anilines is 2. The van der Waals surface area contributed by atoms with E-state index in [1.54, 1.807) is 31.3 Å². The molecular weight excluding hydrogens is 498 g/mol. The lowest BCUT2D eigenvalue weighted by atomic mass is 9.97. The minimum Gasteiger partial charge on any atom is -0.462 e. The molecule has 4 heterocycles. The van der Waals surface area contributed by atoms with Crippen molar-refractivity contribution in [2.75, 3.05) is 36.6 Å². The van der Waals surface area contributed by atoms with Crippen molar-refractivity contribution >= 4 is 34.5 Å². The molecule has 2 bridgehead atoms. The summed E-state index contributed by atoms with van der Waals surface area (Å²) in [7, 11) is 0. The van der Waals surface area contributed by atoms with Gasteiger partial charge in [-0.25, -0.2) is 19.6 Å². The van der Waals surface area contributed by atoms with Gasteiger partial charge in [-0.2, -0.15) is 0 Å². The standard InChI is InChI=1S/C25H29N5O6S/c1-3-7-35-22(32)16-6-4-5-15(8-16)20-10-26-25(36-20)30-17-9-18-21(19(30)13-34-12-17)37-24(28-18)29-23(33)27-14(2)11-31/h4-6,8,10,14,17,19,31H,3,7,9,11-13H2,1-2H3,(H2,27,28,29,33)/t14-,17+,19+/m1/s1. The van der Waals surface area contributed by atoms with Crippen molar-refractivity contribution in [3.63, 3.8) is 0 Å². The van der Waals surface area contributed by atoms with Crippen LogP contribution in [-0.2, 0) is 15.9 Å². The number of fused-ring (bicyclic) bond motifs is 4. The number of carbonyl (C=O) groups is 2. The predicted molar refractivity (Wildman–Crippen MR) is 137 cm³/mol. The summed E-state index contributed by atoms with van der Waals surface area (Å²) >= 11 is 1.39. The maximum Gasteiger partial charge on any atom is 0.338 e. The SMILES string of the molecule is CCCOC(=O)c1cccc(-c2cnc(N3[C@@H]4COC[C@H]3c3sc(NC(=O)N[C@H](C)CO)nc3C4)o2)c1. The van der Waals surface area contributed by atoms with Crippen LogP contribution in [0.25, 0.3) is 11.3 Å². The second-order valence-corrected chi connectivity index (χ2v) is 10.1. The molecule has 1 fully saturated rings. The van der Waals surface area contributed by atoms with E-state index in [-0.39, 0.29) is 30.7 Å². The number of hydrogen-bond acceptors (Lipinski definition) is 10. The number of rotatable bonds is 8. The minimum absolute atomic E-state index is 0.0220. The van der Waals surface area contributed by atoms with Gasteiger partial charge in [-0.15, -0.1) is 0 Å². The molecule has 196 valence electrons. The summed E-state index contributed by atoms with van der Waals surface area (Å²) < 4.78 is 17.3. The number of carbonyl (C=O) groups excluding carboxylic acids is 2. The lowest BCUT2D eigenvalue weighted by Crippen LogP contribution is -2.51. The number of nitrogens with zero attached hydrogens (tertiary/aromatic N) is 3. The highest BCUT2D eigenvalue weighted by atomic mass is 32.1. The van der Waals surface area contributed by atoms with Crippen LogP contribution < -0.4 is 15.5 Å². The van der Waals surface area contributed by atoms with Crippen LogP contribution in [0.3, 0.4) is 0 Å². The Balaban J connectivity index is 1.36. The van der Waals surface area contributed by atoms with Crippen LogP contribution in [0.2, 0.25) is 0 Å². The molecule has 12 heteroatoms. The number of hydrogen-bond donors (Lipinski definition) is 3. The van der Waals surface area contributed by atoms with E-state index in [4.69, 9.17) is 19.0 Å². The Bertz CT molecular complexity index is 1280. The van der Waals surface area contributed by atoms with E-state index in [0.29, 0.717) is 48.7 Å². The predicted octanol–water partition coefficient (Wildman–Crippen LogP) is 3.37. The van der Waals surface area contributed by atoms with Gasteiger partial charge in [0.15, 0.2) is 10.9 Å². The topological polar surface area (TPSA) is 139 Å². The van der Waals surface area contributed by atoms with Gasteiger partial charge in [-0.3, -0.25) is 5.32 Å². The molecule has 3 atom stereocenters. The minimum atomic E-state index is -0.415. The number of oxazole rings is 1. The third-order valence-electron chi connectivity index (χ3n) is 6.18. The molecule has 1 aromatic carbocycles. The van der Waals surface area contributed by atoms with E-state index in [1.165, 1.54) is 11.3 Å². The van der Waals surface area contributed by atoms with E-state index < -0.39 is 6.03 Å². The molecule has 3 N–H and O–H groups in total. The van der Waals surface area contributed by atoms with E-state index in [9.17, 15) is 9.59 Å². The summed E-state index contributed by atoms with van der Waals surface area (Å²) in [4.78, 5) is 36.8. The molecule has 0 radical (unpaired) electrons. The van der Waals surface area contributed by atoms with Crippen LogP contribution >= 0.6 is 11.3 Å². The van der Waals surface area contributed by atoms with Gasteiger partial charge < -0.3 is 29.2 Å². The van der Waals surface area contributed by atoms with Crippen molar-refractivity contribution in [2.24, 2.45) is 0 Å². The van der Waals surface area contributed by atoms with E-state index in [1.807, 2.05) is 13.0 Å². The Morgan fingerprint density at radius 2 is 2.22 bits per heavy atom. The third-order valence-corrected chi connectivity index (χ3v) is 7.29. The van der Waals surface area contributed by atoms with E-state index >= 15 is 0 Å². The Labute approximate surface area is 217 Å². The fourth-order valence-electron chi connectivity index (χ4n) is 4.42. The van der Waals surface area contributed by atoms with Gasteiger partial charge in [0, 0.05) is 12.0 Å². The first-order chi connectivity index (χ1) is 18.0. The number of morpholine rings is 1. The summed E-state index contributed by atoms with van der Waals surface area (Å²) in [6, 6.07) is 6.62. The fourth-order valence-corrected chi connectivity index (χ4v) is 5.50. The number of aliphatic hydroxyl groups is 1. The summed E-state index contributed by atoms with van der Waals surface area (Å²) in [5.74, 6) is 0.180. The molecule has 0 spiro atoms.